The van der Waals surface area contributed by atoms with Crippen LogP contribution in [-0.4, -0.2) is 71.6 Å². The molecule has 1 aliphatic rings. The summed E-state index contributed by atoms with van der Waals surface area (Å²) in [4.78, 5) is 38.2. The van der Waals surface area contributed by atoms with Crippen LogP contribution in [0, 0.1) is 6.92 Å². The van der Waals surface area contributed by atoms with E-state index in [1.165, 1.54) is 0 Å². The van der Waals surface area contributed by atoms with E-state index < -0.39 is 12.1 Å². The topological polar surface area (TPSA) is 90.0 Å². The third kappa shape index (κ3) is 8.79. The molecule has 0 unspecified atom stereocenters. The SMILES string of the molecule is Cc1cccc(CN(CC(=O)N2CCNCC2)C(=O)c2ccc(Br)cc2)c1.O=C(O)C(F)(F)F. The summed E-state index contributed by atoms with van der Waals surface area (Å²) in [5.74, 6) is -2.89. The molecular formula is C23H25BrF3N3O4. The van der Waals surface area contributed by atoms with Gasteiger partial charge in [-0.15, -0.1) is 0 Å². The van der Waals surface area contributed by atoms with Gasteiger partial charge in [-0.3, -0.25) is 9.59 Å². The van der Waals surface area contributed by atoms with Crippen molar-refractivity contribution in [3.8, 4) is 0 Å². The number of hydrogen-bond donors (Lipinski definition) is 2. The molecule has 0 aliphatic carbocycles. The first-order valence-electron chi connectivity index (χ1n) is 10.4. The summed E-state index contributed by atoms with van der Waals surface area (Å²) in [5.41, 5.74) is 2.74. The molecule has 2 aromatic carbocycles. The Hall–Kier alpha value is -2.92. The fraction of sp³-hybridized carbons (Fsp3) is 0.348. The highest BCUT2D eigenvalue weighted by Crippen LogP contribution is 2.16. The first-order valence-corrected chi connectivity index (χ1v) is 11.2. The zero-order valence-corrected chi connectivity index (χ0v) is 20.0. The lowest BCUT2D eigenvalue weighted by Crippen LogP contribution is -2.50. The minimum atomic E-state index is -5.08. The van der Waals surface area contributed by atoms with E-state index in [0.29, 0.717) is 25.2 Å². The molecule has 34 heavy (non-hydrogen) atoms. The average Bonchev–Trinajstić information content (AvgIpc) is 2.79. The van der Waals surface area contributed by atoms with Crippen molar-refractivity contribution < 1.29 is 32.7 Å². The van der Waals surface area contributed by atoms with Crippen molar-refractivity contribution in [2.45, 2.75) is 19.6 Å². The zero-order chi connectivity index (χ0) is 25.3. The van der Waals surface area contributed by atoms with Crippen LogP contribution in [0.1, 0.15) is 21.5 Å². The Balaban J connectivity index is 0.000000509. The number of halogens is 4. The second-order valence-corrected chi connectivity index (χ2v) is 8.51. The molecule has 0 radical (unpaired) electrons. The van der Waals surface area contributed by atoms with Gasteiger partial charge in [0.15, 0.2) is 0 Å². The van der Waals surface area contributed by atoms with E-state index in [1.54, 1.807) is 17.0 Å². The van der Waals surface area contributed by atoms with Crippen molar-refractivity contribution in [1.82, 2.24) is 15.1 Å². The van der Waals surface area contributed by atoms with Crippen LogP contribution in [0.25, 0.3) is 0 Å². The number of amides is 2. The standard InChI is InChI=1S/C21H24BrN3O2.C2HF3O2/c1-16-3-2-4-17(13-16)14-25(15-20(26)24-11-9-23-10-12-24)21(27)18-5-7-19(22)8-6-18;3-2(4,5)1(6)7/h2-8,13,23H,9-12,14-15H2,1H3;(H,6,7). The van der Waals surface area contributed by atoms with Crippen molar-refractivity contribution in [2.24, 2.45) is 0 Å². The molecule has 1 aliphatic heterocycles. The largest absolute Gasteiger partial charge is 0.490 e. The second kappa shape index (κ2) is 12.5. The van der Waals surface area contributed by atoms with Gasteiger partial charge >= 0.3 is 12.1 Å². The zero-order valence-electron chi connectivity index (χ0n) is 18.4. The molecule has 0 bridgehead atoms. The van der Waals surface area contributed by atoms with E-state index in [-0.39, 0.29) is 18.4 Å². The summed E-state index contributed by atoms with van der Waals surface area (Å²) in [6.45, 7) is 5.48. The van der Waals surface area contributed by atoms with Gasteiger partial charge in [-0.2, -0.15) is 13.2 Å². The lowest BCUT2D eigenvalue weighted by Gasteiger charge is -2.30. The van der Waals surface area contributed by atoms with Crippen LogP contribution in [0.15, 0.2) is 53.0 Å². The van der Waals surface area contributed by atoms with E-state index in [4.69, 9.17) is 9.90 Å². The van der Waals surface area contributed by atoms with E-state index in [9.17, 15) is 22.8 Å². The maximum Gasteiger partial charge on any atom is 0.490 e. The number of benzene rings is 2. The van der Waals surface area contributed by atoms with Gasteiger partial charge in [-0.1, -0.05) is 45.8 Å². The molecule has 3 rings (SSSR count). The first kappa shape index (κ1) is 27.3. The normalized spacial score (nSPS) is 13.5. The van der Waals surface area contributed by atoms with E-state index >= 15 is 0 Å². The van der Waals surface area contributed by atoms with E-state index in [1.807, 2.05) is 42.2 Å². The Morgan fingerprint density at radius 2 is 1.68 bits per heavy atom. The fourth-order valence-corrected chi connectivity index (χ4v) is 3.45. The molecule has 7 nitrogen and oxygen atoms in total. The highest BCUT2D eigenvalue weighted by molar-refractivity contribution is 9.10. The Morgan fingerprint density at radius 3 is 2.21 bits per heavy atom. The molecule has 0 saturated carbocycles. The number of hydrogen-bond acceptors (Lipinski definition) is 4. The van der Waals surface area contributed by atoms with E-state index in [0.717, 1.165) is 28.7 Å². The molecule has 184 valence electrons. The van der Waals surface area contributed by atoms with Crippen molar-refractivity contribution in [3.05, 3.63) is 69.7 Å². The lowest BCUT2D eigenvalue weighted by molar-refractivity contribution is -0.192. The number of carbonyl (C=O) groups is 3. The average molecular weight is 544 g/mol. The molecule has 0 spiro atoms. The second-order valence-electron chi connectivity index (χ2n) is 7.59. The van der Waals surface area contributed by atoms with Gasteiger partial charge < -0.3 is 20.2 Å². The minimum absolute atomic E-state index is 0.00499. The molecule has 2 amide bonds. The highest BCUT2D eigenvalue weighted by Gasteiger charge is 2.38. The van der Waals surface area contributed by atoms with Crippen LogP contribution < -0.4 is 5.32 Å². The third-order valence-electron chi connectivity index (χ3n) is 4.87. The number of piperazine rings is 1. The van der Waals surface area contributed by atoms with Gasteiger partial charge in [0.05, 0.1) is 0 Å². The van der Waals surface area contributed by atoms with Crippen molar-refractivity contribution in [3.63, 3.8) is 0 Å². The fourth-order valence-electron chi connectivity index (χ4n) is 3.18. The van der Waals surface area contributed by atoms with Crippen LogP contribution in [-0.2, 0) is 16.1 Å². The summed E-state index contributed by atoms with van der Waals surface area (Å²) >= 11 is 3.39. The van der Waals surface area contributed by atoms with Crippen LogP contribution >= 0.6 is 15.9 Å². The summed E-state index contributed by atoms with van der Waals surface area (Å²) in [6.07, 6.45) is -5.08. The number of nitrogens with one attached hydrogen (secondary N) is 1. The maximum atomic E-state index is 13.1. The monoisotopic (exact) mass is 543 g/mol. The first-order chi connectivity index (χ1) is 16.0. The van der Waals surface area contributed by atoms with Gasteiger partial charge in [-0.25, -0.2) is 4.79 Å². The molecule has 11 heteroatoms. The molecular weight excluding hydrogens is 519 g/mol. The molecule has 0 aromatic heterocycles. The van der Waals surface area contributed by atoms with Gasteiger partial charge in [-0.05, 0) is 36.8 Å². The molecule has 2 aromatic rings. The molecule has 1 fully saturated rings. The Labute approximate surface area is 203 Å². The number of alkyl halides is 3. The summed E-state index contributed by atoms with van der Waals surface area (Å²) < 4.78 is 32.7. The number of aryl methyl sites for hydroxylation is 1. The van der Waals surface area contributed by atoms with Crippen molar-refractivity contribution in [2.75, 3.05) is 32.7 Å². The predicted octanol–water partition coefficient (Wildman–Crippen LogP) is 3.47. The van der Waals surface area contributed by atoms with Gasteiger partial charge in [0, 0.05) is 42.8 Å². The molecule has 0 atom stereocenters. The molecule has 2 N–H and O–H groups in total. The Morgan fingerprint density at radius 1 is 1.09 bits per heavy atom. The smallest absolute Gasteiger partial charge is 0.475 e. The van der Waals surface area contributed by atoms with Crippen LogP contribution in [0.5, 0.6) is 0 Å². The lowest BCUT2D eigenvalue weighted by atomic mass is 10.1. The van der Waals surface area contributed by atoms with Gasteiger partial charge in [0.25, 0.3) is 5.91 Å². The van der Waals surface area contributed by atoms with Crippen LogP contribution in [0.3, 0.4) is 0 Å². The Bertz CT molecular complexity index is 994. The maximum absolute atomic E-state index is 13.1. The number of aliphatic carboxylic acids is 1. The summed E-state index contributed by atoms with van der Waals surface area (Å²) in [5, 5.41) is 10.4. The number of nitrogens with zero attached hydrogens (tertiary/aromatic N) is 2. The van der Waals surface area contributed by atoms with Crippen LogP contribution in [0.4, 0.5) is 13.2 Å². The summed E-state index contributed by atoms with van der Waals surface area (Å²) in [6, 6.07) is 15.3. The van der Waals surface area contributed by atoms with Crippen molar-refractivity contribution >= 4 is 33.7 Å². The van der Waals surface area contributed by atoms with Crippen LogP contribution in [0.2, 0.25) is 0 Å². The number of carbonyl (C=O) groups excluding carboxylic acids is 2. The quantitative estimate of drug-likeness (QED) is 0.602. The minimum Gasteiger partial charge on any atom is -0.475 e. The third-order valence-corrected chi connectivity index (χ3v) is 5.40. The summed E-state index contributed by atoms with van der Waals surface area (Å²) in [7, 11) is 0. The number of rotatable bonds is 5. The molecule has 1 heterocycles. The predicted molar refractivity (Wildman–Crippen MR) is 123 cm³/mol. The number of carboxylic acid groups (broad SMARTS) is 1. The molecule has 1 saturated heterocycles. The highest BCUT2D eigenvalue weighted by atomic mass is 79.9. The Kier molecular flexibility index (Phi) is 10.1. The van der Waals surface area contributed by atoms with Crippen molar-refractivity contribution in [1.29, 1.82) is 0 Å². The number of carboxylic acids is 1. The van der Waals surface area contributed by atoms with Gasteiger partial charge in [0.1, 0.15) is 6.54 Å². The van der Waals surface area contributed by atoms with Gasteiger partial charge in [0.2, 0.25) is 5.91 Å². The van der Waals surface area contributed by atoms with E-state index in [2.05, 4.69) is 27.3 Å².